The molecule has 0 aromatic heterocycles. The molecule has 0 heterocycles. The van der Waals surface area contributed by atoms with Crippen LogP contribution in [0.1, 0.15) is 32.1 Å². The molecule has 0 radical (unpaired) electrons. The summed E-state index contributed by atoms with van der Waals surface area (Å²) >= 11 is 0. The van der Waals surface area contributed by atoms with Crippen LogP contribution in [0.2, 0.25) is 0 Å². The molecule has 19 heavy (non-hydrogen) atoms. The lowest BCUT2D eigenvalue weighted by Gasteiger charge is -2.23. The van der Waals surface area contributed by atoms with Crippen molar-refractivity contribution in [1.82, 2.24) is 5.32 Å². The molecule has 1 aliphatic carbocycles. The number of halogens is 1. The van der Waals surface area contributed by atoms with Crippen LogP contribution in [-0.4, -0.2) is 19.2 Å². The smallest absolute Gasteiger partial charge is 0.319 e. The van der Waals surface area contributed by atoms with Gasteiger partial charge in [0.1, 0.15) is 11.6 Å². The molecule has 0 bridgehead atoms. The number of carbonyl (C=O) groups is 1. The van der Waals surface area contributed by atoms with Gasteiger partial charge in [0.2, 0.25) is 0 Å². The number of rotatable bonds is 3. The van der Waals surface area contributed by atoms with Crippen LogP contribution in [-0.2, 0) is 0 Å². The number of carbonyl (C=O) groups excluding carboxylic acids is 1. The molecule has 0 spiro atoms. The number of urea groups is 1. The molecule has 4 nitrogen and oxygen atoms in total. The maximum absolute atomic E-state index is 13.5. The second-order valence-corrected chi connectivity index (χ2v) is 4.78. The van der Waals surface area contributed by atoms with Crippen LogP contribution in [0.25, 0.3) is 0 Å². The zero-order valence-corrected chi connectivity index (χ0v) is 11.0. The first-order valence-electron chi connectivity index (χ1n) is 6.60. The number of ether oxygens (including phenoxy) is 1. The van der Waals surface area contributed by atoms with Gasteiger partial charge in [-0.2, -0.15) is 0 Å². The Morgan fingerprint density at radius 1 is 1.32 bits per heavy atom. The minimum absolute atomic E-state index is 0.132. The number of benzene rings is 1. The molecule has 1 aromatic carbocycles. The number of anilines is 1. The SMILES string of the molecule is COc1ccc(F)c(NC(=O)NC2CCCCC2)c1. The first-order chi connectivity index (χ1) is 9.19. The van der Waals surface area contributed by atoms with E-state index in [4.69, 9.17) is 4.74 Å². The van der Waals surface area contributed by atoms with Gasteiger partial charge >= 0.3 is 6.03 Å². The average Bonchev–Trinajstić information content (AvgIpc) is 2.42. The van der Waals surface area contributed by atoms with Gasteiger partial charge in [0.25, 0.3) is 0 Å². The topological polar surface area (TPSA) is 50.4 Å². The first kappa shape index (κ1) is 13.6. The first-order valence-corrected chi connectivity index (χ1v) is 6.60. The van der Waals surface area contributed by atoms with E-state index in [0.29, 0.717) is 5.75 Å². The van der Waals surface area contributed by atoms with Crippen LogP contribution in [0, 0.1) is 5.82 Å². The molecule has 1 fully saturated rings. The average molecular weight is 266 g/mol. The Balaban J connectivity index is 1.94. The van der Waals surface area contributed by atoms with Crippen LogP contribution in [0.3, 0.4) is 0 Å². The Labute approximate surface area is 112 Å². The van der Waals surface area contributed by atoms with Crippen LogP contribution >= 0.6 is 0 Å². The van der Waals surface area contributed by atoms with Gasteiger partial charge in [-0.05, 0) is 25.0 Å². The van der Waals surface area contributed by atoms with E-state index in [1.165, 1.54) is 31.7 Å². The van der Waals surface area contributed by atoms with Crippen molar-refractivity contribution in [3.05, 3.63) is 24.0 Å². The molecule has 2 N–H and O–H groups in total. The lowest BCUT2D eigenvalue weighted by molar-refractivity contribution is 0.244. The van der Waals surface area contributed by atoms with Crippen molar-refractivity contribution in [3.63, 3.8) is 0 Å². The van der Waals surface area contributed by atoms with Crippen molar-refractivity contribution in [2.75, 3.05) is 12.4 Å². The molecule has 0 atom stereocenters. The van der Waals surface area contributed by atoms with E-state index in [0.717, 1.165) is 25.7 Å². The Morgan fingerprint density at radius 2 is 2.05 bits per heavy atom. The lowest BCUT2D eigenvalue weighted by atomic mass is 9.96. The Kier molecular flexibility index (Phi) is 4.60. The van der Waals surface area contributed by atoms with Crippen molar-refractivity contribution < 1.29 is 13.9 Å². The van der Waals surface area contributed by atoms with E-state index in [1.54, 1.807) is 0 Å². The molecule has 1 aromatic rings. The summed E-state index contributed by atoms with van der Waals surface area (Å²) in [6.45, 7) is 0. The van der Waals surface area contributed by atoms with Gasteiger partial charge in [-0.3, -0.25) is 0 Å². The molecular formula is C14H19FN2O2. The zero-order chi connectivity index (χ0) is 13.7. The molecule has 5 heteroatoms. The maximum Gasteiger partial charge on any atom is 0.319 e. The third-order valence-electron chi connectivity index (χ3n) is 3.36. The largest absolute Gasteiger partial charge is 0.497 e. The molecule has 1 aliphatic rings. The fourth-order valence-electron chi connectivity index (χ4n) is 2.32. The predicted molar refractivity (Wildman–Crippen MR) is 72.0 cm³/mol. The fraction of sp³-hybridized carbons (Fsp3) is 0.500. The highest BCUT2D eigenvalue weighted by Gasteiger charge is 2.16. The number of amides is 2. The van der Waals surface area contributed by atoms with Gasteiger partial charge in [-0.15, -0.1) is 0 Å². The van der Waals surface area contributed by atoms with E-state index in [2.05, 4.69) is 10.6 Å². The van der Waals surface area contributed by atoms with Crippen molar-refractivity contribution in [2.45, 2.75) is 38.1 Å². The van der Waals surface area contributed by atoms with Crippen molar-refractivity contribution in [1.29, 1.82) is 0 Å². The van der Waals surface area contributed by atoms with E-state index in [-0.39, 0.29) is 17.8 Å². The highest BCUT2D eigenvalue weighted by atomic mass is 19.1. The standard InChI is InChI=1S/C14H19FN2O2/c1-19-11-7-8-12(15)13(9-11)17-14(18)16-10-5-3-2-4-6-10/h7-10H,2-6H2,1H3,(H2,16,17,18). The maximum atomic E-state index is 13.5. The molecule has 0 aliphatic heterocycles. The van der Waals surface area contributed by atoms with Crippen molar-refractivity contribution in [3.8, 4) is 5.75 Å². The van der Waals surface area contributed by atoms with Crippen LogP contribution in [0.4, 0.5) is 14.9 Å². The normalized spacial score (nSPS) is 15.9. The Bertz CT molecular complexity index is 445. The Hall–Kier alpha value is -1.78. The molecule has 2 rings (SSSR count). The van der Waals surface area contributed by atoms with E-state index < -0.39 is 5.82 Å². The lowest BCUT2D eigenvalue weighted by Crippen LogP contribution is -2.39. The second kappa shape index (κ2) is 6.41. The van der Waals surface area contributed by atoms with Crippen LogP contribution in [0.15, 0.2) is 18.2 Å². The number of hydrogen-bond donors (Lipinski definition) is 2. The summed E-state index contributed by atoms with van der Waals surface area (Å²) in [5.74, 6) is 0.0361. The third kappa shape index (κ3) is 3.84. The minimum atomic E-state index is -0.473. The van der Waals surface area contributed by atoms with E-state index in [9.17, 15) is 9.18 Å². The van der Waals surface area contributed by atoms with Gasteiger partial charge < -0.3 is 15.4 Å². The minimum Gasteiger partial charge on any atom is -0.497 e. The molecular weight excluding hydrogens is 247 g/mol. The molecule has 104 valence electrons. The summed E-state index contributed by atoms with van der Waals surface area (Å²) in [5, 5.41) is 5.40. The van der Waals surface area contributed by atoms with Gasteiger partial charge in [0.15, 0.2) is 0 Å². The summed E-state index contributed by atoms with van der Waals surface area (Å²) in [6, 6.07) is 4.09. The van der Waals surface area contributed by atoms with Gasteiger partial charge in [-0.1, -0.05) is 19.3 Å². The number of nitrogens with one attached hydrogen (secondary N) is 2. The van der Waals surface area contributed by atoms with Gasteiger partial charge in [-0.25, -0.2) is 9.18 Å². The van der Waals surface area contributed by atoms with Gasteiger partial charge in [0.05, 0.1) is 12.8 Å². The van der Waals surface area contributed by atoms with Crippen molar-refractivity contribution >= 4 is 11.7 Å². The number of methoxy groups -OCH3 is 1. The summed E-state index contributed by atoms with van der Waals surface area (Å²) in [5.41, 5.74) is 0.132. The molecule has 0 unspecified atom stereocenters. The molecule has 2 amide bonds. The second-order valence-electron chi connectivity index (χ2n) is 4.78. The van der Waals surface area contributed by atoms with Crippen molar-refractivity contribution in [2.24, 2.45) is 0 Å². The third-order valence-corrected chi connectivity index (χ3v) is 3.36. The fourth-order valence-corrected chi connectivity index (χ4v) is 2.32. The van der Waals surface area contributed by atoms with Crippen LogP contribution in [0.5, 0.6) is 5.75 Å². The summed E-state index contributed by atoms with van der Waals surface area (Å²) < 4.78 is 18.5. The molecule has 0 saturated heterocycles. The summed E-state index contributed by atoms with van der Waals surface area (Å²) in [7, 11) is 1.50. The number of hydrogen-bond acceptors (Lipinski definition) is 2. The quantitative estimate of drug-likeness (QED) is 0.882. The van der Waals surface area contributed by atoms with E-state index in [1.807, 2.05) is 0 Å². The molecule has 1 saturated carbocycles. The summed E-state index contributed by atoms with van der Waals surface area (Å²) in [4.78, 5) is 11.8. The highest BCUT2D eigenvalue weighted by molar-refractivity contribution is 5.89. The zero-order valence-electron chi connectivity index (χ0n) is 11.0. The highest BCUT2D eigenvalue weighted by Crippen LogP contribution is 2.21. The van der Waals surface area contributed by atoms with Gasteiger partial charge in [0, 0.05) is 12.1 Å². The van der Waals surface area contributed by atoms with Crippen LogP contribution < -0.4 is 15.4 Å². The van der Waals surface area contributed by atoms with E-state index >= 15 is 0 Å². The predicted octanol–water partition coefficient (Wildman–Crippen LogP) is 3.29. The summed E-state index contributed by atoms with van der Waals surface area (Å²) in [6.07, 6.45) is 5.49. The Morgan fingerprint density at radius 3 is 2.74 bits per heavy atom. The monoisotopic (exact) mass is 266 g/mol.